The average molecular weight is 349 g/mol. The summed E-state index contributed by atoms with van der Waals surface area (Å²) in [6.07, 6.45) is 3.35. The van der Waals surface area contributed by atoms with Crippen LogP contribution in [-0.4, -0.2) is 32.8 Å². The van der Waals surface area contributed by atoms with Crippen LogP contribution >= 0.6 is 0 Å². The number of nitrogens with zero attached hydrogens (tertiary/aromatic N) is 4. The van der Waals surface area contributed by atoms with Crippen LogP contribution in [0.3, 0.4) is 0 Å². The second kappa shape index (κ2) is 7.98. The highest BCUT2D eigenvalue weighted by molar-refractivity contribution is 5.60. The Bertz CT molecular complexity index is 901. The summed E-state index contributed by atoms with van der Waals surface area (Å²) in [5.74, 6) is 2.45. The molecule has 132 valence electrons. The van der Waals surface area contributed by atoms with Crippen LogP contribution in [0.15, 0.2) is 42.7 Å². The Balaban J connectivity index is 1.67. The Hall–Kier alpha value is -3.60. The number of hydrogen-bond acceptors (Lipinski definition) is 7. The molecule has 0 aromatic carbocycles. The van der Waals surface area contributed by atoms with Crippen LogP contribution in [-0.2, 0) is 0 Å². The van der Waals surface area contributed by atoms with Gasteiger partial charge in [-0.05, 0) is 38.1 Å². The van der Waals surface area contributed by atoms with Gasteiger partial charge in [0.15, 0.2) is 5.82 Å². The number of ether oxygens (including phenoxy) is 1. The molecule has 3 rings (SSSR count). The number of aromatic amines is 1. The van der Waals surface area contributed by atoms with Crippen molar-refractivity contribution >= 4 is 17.5 Å². The summed E-state index contributed by atoms with van der Waals surface area (Å²) in [6.45, 7) is 4.28. The molecule has 3 heterocycles. The third-order valence-corrected chi connectivity index (χ3v) is 3.50. The number of nitriles is 1. The van der Waals surface area contributed by atoms with Crippen molar-refractivity contribution in [3.63, 3.8) is 0 Å². The highest BCUT2D eigenvalue weighted by Gasteiger charge is 2.11. The first-order chi connectivity index (χ1) is 12.6. The van der Waals surface area contributed by atoms with E-state index in [0.717, 1.165) is 5.69 Å². The minimum atomic E-state index is -0.0577. The van der Waals surface area contributed by atoms with Gasteiger partial charge in [-0.25, -0.2) is 4.98 Å². The molecule has 0 aliphatic carbocycles. The molecule has 26 heavy (non-hydrogen) atoms. The third-order valence-electron chi connectivity index (χ3n) is 3.50. The van der Waals surface area contributed by atoms with E-state index in [-0.39, 0.29) is 6.04 Å². The van der Waals surface area contributed by atoms with Gasteiger partial charge in [-0.3, -0.25) is 10.1 Å². The zero-order chi connectivity index (χ0) is 18.4. The van der Waals surface area contributed by atoms with E-state index in [1.165, 1.54) is 0 Å². The van der Waals surface area contributed by atoms with Gasteiger partial charge in [-0.15, -0.1) is 0 Å². The lowest BCUT2D eigenvalue weighted by atomic mass is 10.2. The summed E-state index contributed by atoms with van der Waals surface area (Å²) < 4.78 is 5.68. The van der Waals surface area contributed by atoms with E-state index in [0.29, 0.717) is 35.4 Å². The third kappa shape index (κ3) is 4.48. The molecular formula is C18H19N7O. The molecule has 1 atom stereocenters. The fourth-order valence-electron chi connectivity index (χ4n) is 2.27. The maximum absolute atomic E-state index is 9.32. The molecule has 0 saturated heterocycles. The molecule has 0 saturated carbocycles. The van der Waals surface area contributed by atoms with Gasteiger partial charge in [0.1, 0.15) is 30.1 Å². The number of rotatable bonds is 7. The second-order valence-corrected chi connectivity index (χ2v) is 5.81. The number of pyridine rings is 2. The summed E-state index contributed by atoms with van der Waals surface area (Å²) in [6, 6.07) is 11.1. The molecule has 0 fully saturated rings. The second-order valence-electron chi connectivity index (χ2n) is 5.81. The van der Waals surface area contributed by atoms with Crippen LogP contribution in [0.25, 0.3) is 0 Å². The lowest BCUT2D eigenvalue weighted by Gasteiger charge is -2.17. The van der Waals surface area contributed by atoms with Crippen molar-refractivity contribution in [2.75, 3.05) is 17.2 Å². The maximum Gasteiger partial charge on any atom is 0.153 e. The molecule has 0 amide bonds. The molecule has 0 spiro atoms. The van der Waals surface area contributed by atoms with Gasteiger partial charge in [0.05, 0.1) is 17.8 Å². The van der Waals surface area contributed by atoms with E-state index in [1.54, 1.807) is 24.5 Å². The molecular weight excluding hydrogens is 330 g/mol. The summed E-state index contributed by atoms with van der Waals surface area (Å²) in [5, 5.41) is 22.6. The average Bonchev–Trinajstić information content (AvgIpc) is 3.06. The largest absolute Gasteiger partial charge is 0.490 e. The van der Waals surface area contributed by atoms with Crippen LogP contribution in [0, 0.1) is 18.3 Å². The van der Waals surface area contributed by atoms with Crippen molar-refractivity contribution in [1.29, 1.82) is 5.26 Å². The SMILES string of the molecule is Cc1cc(Nc2ccc(C#N)c(NC(C)COc3cccnc3)n2)n[nH]1. The molecule has 0 aliphatic heterocycles. The lowest BCUT2D eigenvalue weighted by Crippen LogP contribution is -2.24. The standard InChI is InChI=1S/C18H19N7O/c1-12-8-17(25-24-12)22-16-6-5-14(9-19)18(23-16)21-13(2)11-26-15-4-3-7-20-10-15/h3-8,10,13H,11H2,1-2H3,(H3,21,22,23,24,25). The predicted molar refractivity (Wildman–Crippen MR) is 98.4 cm³/mol. The molecule has 0 aliphatic rings. The number of nitrogens with one attached hydrogen (secondary N) is 3. The molecule has 8 nitrogen and oxygen atoms in total. The molecule has 3 aromatic rings. The molecule has 1 unspecified atom stereocenters. The van der Waals surface area contributed by atoms with Crippen LogP contribution in [0.4, 0.5) is 17.5 Å². The number of H-pyrrole nitrogens is 1. The monoisotopic (exact) mass is 349 g/mol. The Labute approximate surface area is 151 Å². The van der Waals surface area contributed by atoms with E-state index >= 15 is 0 Å². The zero-order valence-electron chi connectivity index (χ0n) is 14.5. The Morgan fingerprint density at radius 2 is 2.19 bits per heavy atom. The molecule has 3 aromatic heterocycles. The van der Waals surface area contributed by atoms with Crippen LogP contribution in [0.1, 0.15) is 18.2 Å². The van der Waals surface area contributed by atoms with Crippen molar-refractivity contribution in [2.45, 2.75) is 19.9 Å². The van der Waals surface area contributed by atoms with E-state index in [1.807, 2.05) is 32.0 Å². The molecule has 0 radical (unpaired) electrons. The minimum Gasteiger partial charge on any atom is -0.490 e. The van der Waals surface area contributed by atoms with E-state index < -0.39 is 0 Å². The Kier molecular flexibility index (Phi) is 5.29. The normalized spacial score (nSPS) is 11.4. The number of aromatic nitrogens is 4. The fraction of sp³-hybridized carbons (Fsp3) is 0.222. The van der Waals surface area contributed by atoms with Crippen molar-refractivity contribution in [3.8, 4) is 11.8 Å². The van der Waals surface area contributed by atoms with Gasteiger partial charge in [0.25, 0.3) is 0 Å². The number of anilines is 3. The summed E-state index contributed by atoms with van der Waals surface area (Å²) in [5.41, 5.74) is 1.41. The minimum absolute atomic E-state index is 0.0577. The predicted octanol–water partition coefficient (Wildman–Crippen LogP) is 3.00. The number of aryl methyl sites for hydroxylation is 1. The fourth-order valence-corrected chi connectivity index (χ4v) is 2.27. The Morgan fingerprint density at radius 1 is 1.31 bits per heavy atom. The zero-order valence-corrected chi connectivity index (χ0v) is 14.5. The lowest BCUT2D eigenvalue weighted by molar-refractivity contribution is 0.302. The van der Waals surface area contributed by atoms with Crippen molar-refractivity contribution in [3.05, 3.63) is 54.0 Å². The quantitative estimate of drug-likeness (QED) is 0.601. The highest BCUT2D eigenvalue weighted by atomic mass is 16.5. The van der Waals surface area contributed by atoms with Gasteiger partial charge in [-0.1, -0.05) is 0 Å². The molecule has 8 heteroatoms. The van der Waals surface area contributed by atoms with Crippen LogP contribution < -0.4 is 15.4 Å². The van der Waals surface area contributed by atoms with Gasteiger partial charge < -0.3 is 15.4 Å². The first-order valence-electron chi connectivity index (χ1n) is 8.13. The van der Waals surface area contributed by atoms with Crippen molar-refractivity contribution < 1.29 is 4.74 Å². The van der Waals surface area contributed by atoms with Gasteiger partial charge >= 0.3 is 0 Å². The van der Waals surface area contributed by atoms with E-state index in [2.05, 4.69) is 36.9 Å². The first kappa shape index (κ1) is 17.2. The van der Waals surface area contributed by atoms with E-state index in [9.17, 15) is 5.26 Å². The van der Waals surface area contributed by atoms with Gasteiger partial charge in [0.2, 0.25) is 0 Å². The maximum atomic E-state index is 9.32. The van der Waals surface area contributed by atoms with Gasteiger partial charge in [-0.2, -0.15) is 10.4 Å². The van der Waals surface area contributed by atoms with Crippen LogP contribution in [0.2, 0.25) is 0 Å². The summed E-state index contributed by atoms with van der Waals surface area (Å²) >= 11 is 0. The van der Waals surface area contributed by atoms with Crippen molar-refractivity contribution in [2.24, 2.45) is 0 Å². The highest BCUT2D eigenvalue weighted by Crippen LogP contribution is 2.19. The summed E-state index contributed by atoms with van der Waals surface area (Å²) in [4.78, 5) is 8.49. The number of hydrogen-bond donors (Lipinski definition) is 3. The first-order valence-corrected chi connectivity index (χ1v) is 8.13. The molecule has 3 N–H and O–H groups in total. The van der Waals surface area contributed by atoms with Crippen molar-refractivity contribution in [1.82, 2.24) is 20.2 Å². The Morgan fingerprint density at radius 3 is 2.88 bits per heavy atom. The van der Waals surface area contributed by atoms with Crippen LogP contribution in [0.5, 0.6) is 5.75 Å². The summed E-state index contributed by atoms with van der Waals surface area (Å²) in [7, 11) is 0. The topological polar surface area (TPSA) is 112 Å². The van der Waals surface area contributed by atoms with Gasteiger partial charge in [0, 0.05) is 18.0 Å². The molecule has 0 bridgehead atoms. The van der Waals surface area contributed by atoms with E-state index in [4.69, 9.17) is 4.74 Å². The smallest absolute Gasteiger partial charge is 0.153 e.